The molecule has 0 saturated heterocycles. The highest BCUT2D eigenvalue weighted by molar-refractivity contribution is 5.83. The Hall–Kier alpha value is -1.53. The molecule has 7 heteroatoms. The van der Waals surface area contributed by atoms with Crippen LogP contribution >= 0.6 is 0 Å². The van der Waals surface area contributed by atoms with E-state index >= 15 is 0 Å². The fourth-order valence-electron chi connectivity index (χ4n) is 1.97. The molecule has 1 aliphatic rings. The molecule has 19 heavy (non-hydrogen) atoms. The summed E-state index contributed by atoms with van der Waals surface area (Å²) in [6.07, 6.45) is -4.64. The van der Waals surface area contributed by atoms with E-state index < -0.39 is 35.6 Å². The predicted octanol–water partition coefficient (Wildman–Crippen LogP) is 2.39. The van der Waals surface area contributed by atoms with Gasteiger partial charge in [-0.25, -0.2) is 4.79 Å². The molecule has 0 radical (unpaired) electrons. The van der Waals surface area contributed by atoms with Crippen LogP contribution in [0.25, 0.3) is 0 Å². The number of aliphatic carboxylic acids is 1. The maximum absolute atomic E-state index is 12.1. The zero-order chi connectivity index (χ0) is 15.0. The Labute approximate surface area is 108 Å². The van der Waals surface area contributed by atoms with E-state index in [-0.39, 0.29) is 5.92 Å². The fraction of sp³-hybridized carbons (Fsp3) is 0.667. The Morgan fingerprint density at radius 1 is 1.37 bits per heavy atom. The number of esters is 1. The normalized spacial score (nSPS) is 27.1. The lowest BCUT2D eigenvalue weighted by Gasteiger charge is -2.14. The van der Waals surface area contributed by atoms with E-state index in [4.69, 9.17) is 5.11 Å². The van der Waals surface area contributed by atoms with E-state index in [1.807, 2.05) is 0 Å². The van der Waals surface area contributed by atoms with Crippen molar-refractivity contribution in [3.63, 3.8) is 0 Å². The third kappa shape index (κ3) is 3.48. The maximum atomic E-state index is 12.1. The second kappa shape index (κ2) is 4.86. The number of carboxylic acids is 1. The van der Waals surface area contributed by atoms with Gasteiger partial charge in [-0.3, -0.25) is 4.79 Å². The Bertz CT molecular complexity index is 412. The lowest BCUT2D eigenvalue weighted by atomic mass is 10.1. The Morgan fingerprint density at radius 3 is 2.26 bits per heavy atom. The van der Waals surface area contributed by atoms with Gasteiger partial charge in [-0.2, -0.15) is 13.2 Å². The third-order valence-electron chi connectivity index (χ3n) is 3.37. The second-order valence-corrected chi connectivity index (χ2v) is 5.14. The minimum Gasteiger partial charge on any atom is -0.481 e. The zero-order valence-electron chi connectivity index (χ0n) is 10.7. The summed E-state index contributed by atoms with van der Waals surface area (Å²) in [6, 6.07) is 0. The van der Waals surface area contributed by atoms with E-state index in [9.17, 15) is 22.8 Å². The molecular weight excluding hydrogens is 265 g/mol. The highest BCUT2D eigenvalue weighted by Crippen LogP contribution is 2.59. The van der Waals surface area contributed by atoms with Crippen LogP contribution in [0.4, 0.5) is 13.2 Å². The summed E-state index contributed by atoms with van der Waals surface area (Å²) in [7, 11) is 0. The average Bonchev–Trinajstić information content (AvgIpc) is 2.76. The smallest absolute Gasteiger partial charge is 0.425 e. The first-order chi connectivity index (χ1) is 8.48. The molecule has 0 aliphatic heterocycles. The quantitative estimate of drug-likeness (QED) is 0.634. The molecule has 1 aliphatic carbocycles. The van der Waals surface area contributed by atoms with Crippen LogP contribution in [0, 0.1) is 17.3 Å². The number of hydrogen-bond acceptors (Lipinski definition) is 3. The van der Waals surface area contributed by atoms with Gasteiger partial charge in [0.1, 0.15) is 0 Å². The highest BCUT2D eigenvalue weighted by atomic mass is 19.4. The van der Waals surface area contributed by atoms with Crippen molar-refractivity contribution in [3.8, 4) is 0 Å². The van der Waals surface area contributed by atoms with Gasteiger partial charge in [-0.1, -0.05) is 19.9 Å². The molecule has 0 spiro atoms. The number of alkyl halides is 3. The van der Waals surface area contributed by atoms with Crippen LogP contribution in [-0.2, 0) is 14.3 Å². The molecule has 1 saturated carbocycles. The molecule has 0 aromatic carbocycles. The van der Waals surface area contributed by atoms with Crippen LogP contribution in [0.5, 0.6) is 0 Å². The van der Waals surface area contributed by atoms with Crippen LogP contribution in [0.1, 0.15) is 20.8 Å². The van der Waals surface area contributed by atoms with Crippen LogP contribution in [0.15, 0.2) is 12.2 Å². The van der Waals surface area contributed by atoms with Crippen LogP contribution < -0.4 is 0 Å². The molecular formula is C12H15F3O4. The Kier molecular flexibility index (Phi) is 3.97. The van der Waals surface area contributed by atoms with Crippen LogP contribution in [-0.4, -0.2) is 29.3 Å². The number of carbonyl (C=O) groups excluding carboxylic acids is 1. The van der Waals surface area contributed by atoms with Crippen molar-refractivity contribution in [2.45, 2.75) is 33.1 Å². The summed E-state index contributed by atoms with van der Waals surface area (Å²) < 4.78 is 40.6. The van der Waals surface area contributed by atoms with Gasteiger partial charge in [0.25, 0.3) is 0 Å². The summed E-state index contributed by atoms with van der Waals surface area (Å²) in [5.74, 6) is -3.12. The van der Waals surface area contributed by atoms with Gasteiger partial charge in [0.15, 0.2) is 6.10 Å². The van der Waals surface area contributed by atoms with E-state index in [1.54, 1.807) is 13.8 Å². The van der Waals surface area contributed by atoms with Crippen molar-refractivity contribution < 1.29 is 32.6 Å². The van der Waals surface area contributed by atoms with Gasteiger partial charge in [0.2, 0.25) is 0 Å². The monoisotopic (exact) mass is 280 g/mol. The van der Waals surface area contributed by atoms with Gasteiger partial charge < -0.3 is 9.84 Å². The van der Waals surface area contributed by atoms with Gasteiger partial charge in [-0.05, 0) is 18.3 Å². The topological polar surface area (TPSA) is 63.6 Å². The summed E-state index contributed by atoms with van der Waals surface area (Å²) >= 11 is 0. The standard InChI is InChI=1S/C12H15F3O4/c1-6(12(13,14)15)19-8(16)5-4-7-9(10(17)18)11(7,2)3/h4-7,9H,1-3H3,(H,17,18)/b5-4-/t6-,7-,9-/m0/s1. The van der Waals surface area contributed by atoms with E-state index in [0.717, 1.165) is 13.0 Å². The SMILES string of the molecule is C[C@H](OC(=O)/C=C\[C@H]1[C@@H](C(=O)O)C1(C)C)C(F)(F)F. The number of allylic oxidation sites excluding steroid dienone is 1. The summed E-state index contributed by atoms with van der Waals surface area (Å²) in [5.41, 5.74) is -0.502. The Balaban J connectivity index is 2.55. The molecule has 0 amide bonds. The average molecular weight is 280 g/mol. The maximum Gasteiger partial charge on any atom is 0.425 e. The van der Waals surface area contributed by atoms with Crippen molar-refractivity contribution in [3.05, 3.63) is 12.2 Å². The van der Waals surface area contributed by atoms with Crippen molar-refractivity contribution in [1.29, 1.82) is 0 Å². The molecule has 0 aromatic heterocycles. The largest absolute Gasteiger partial charge is 0.481 e. The number of rotatable bonds is 4. The van der Waals surface area contributed by atoms with Crippen molar-refractivity contribution in [2.75, 3.05) is 0 Å². The molecule has 3 atom stereocenters. The van der Waals surface area contributed by atoms with E-state index in [2.05, 4.69) is 4.74 Å². The van der Waals surface area contributed by atoms with Gasteiger partial charge in [-0.15, -0.1) is 0 Å². The molecule has 0 bridgehead atoms. The van der Waals surface area contributed by atoms with Gasteiger partial charge in [0.05, 0.1) is 5.92 Å². The van der Waals surface area contributed by atoms with Crippen LogP contribution in [0.2, 0.25) is 0 Å². The minimum absolute atomic E-state index is 0.376. The molecule has 4 nitrogen and oxygen atoms in total. The Morgan fingerprint density at radius 2 is 1.89 bits per heavy atom. The highest BCUT2D eigenvalue weighted by Gasteiger charge is 2.60. The third-order valence-corrected chi connectivity index (χ3v) is 3.37. The van der Waals surface area contributed by atoms with E-state index in [1.165, 1.54) is 6.08 Å². The second-order valence-electron chi connectivity index (χ2n) is 5.14. The number of ether oxygens (including phenoxy) is 1. The predicted molar refractivity (Wildman–Crippen MR) is 59.1 cm³/mol. The number of carboxylic acid groups (broad SMARTS) is 1. The number of halogens is 3. The molecule has 1 rings (SSSR count). The molecule has 0 heterocycles. The first-order valence-electron chi connectivity index (χ1n) is 5.66. The molecule has 0 unspecified atom stereocenters. The summed E-state index contributed by atoms with van der Waals surface area (Å²) in [6.45, 7) is 4.15. The number of hydrogen-bond donors (Lipinski definition) is 1. The van der Waals surface area contributed by atoms with Crippen molar-refractivity contribution in [1.82, 2.24) is 0 Å². The lowest BCUT2D eigenvalue weighted by molar-refractivity contribution is -0.213. The molecule has 0 aromatic rings. The van der Waals surface area contributed by atoms with Gasteiger partial charge >= 0.3 is 18.1 Å². The first-order valence-corrected chi connectivity index (χ1v) is 5.66. The fourth-order valence-corrected chi connectivity index (χ4v) is 1.97. The van der Waals surface area contributed by atoms with Gasteiger partial charge in [0, 0.05) is 6.08 Å². The molecule has 1 fully saturated rings. The lowest BCUT2D eigenvalue weighted by Crippen LogP contribution is -2.30. The summed E-state index contributed by atoms with van der Waals surface area (Å²) in [4.78, 5) is 22.0. The van der Waals surface area contributed by atoms with Crippen LogP contribution in [0.3, 0.4) is 0 Å². The molecule has 108 valence electrons. The first kappa shape index (κ1) is 15.5. The minimum atomic E-state index is -4.61. The van der Waals surface area contributed by atoms with Crippen molar-refractivity contribution in [2.24, 2.45) is 17.3 Å². The summed E-state index contributed by atoms with van der Waals surface area (Å²) in [5, 5.41) is 8.88. The van der Waals surface area contributed by atoms with Crippen molar-refractivity contribution >= 4 is 11.9 Å². The van der Waals surface area contributed by atoms with E-state index in [0.29, 0.717) is 0 Å². The molecule has 1 N–H and O–H groups in total. The number of carbonyl (C=O) groups is 2. The zero-order valence-corrected chi connectivity index (χ0v) is 10.7.